The number of nitrogens with one attached hydrogen (secondary N) is 2. The predicted octanol–water partition coefficient (Wildman–Crippen LogP) is 3.15. The summed E-state index contributed by atoms with van der Waals surface area (Å²) in [6, 6.07) is 10.3. The van der Waals surface area contributed by atoms with Crippen molar-refractivity contribution >= 4 is 33.1 Å². The highest BCUT2D eigenvalue weighted by Gasteiger charge is 2.20. The highest BCUT2D eigenvalue weighted by atomic mass is 32.2. The summed E-state index contributed by atoms with van der Waals surface area (Å²) >= 11 is 0. The van der Waals surface area contributed by atoms with E-state index >= 15 is 0 Å². The number of hydrogen-bond donors (Lipinski definition) is 2. The summed E-state index contributed by atoms with van der Waals surface area (Å²) in [6.45, 7) is 2.23. The van der Waals surface area contributed by atoms with E-state index in [-0.39, 0.29) is 10.5 Å². The molecule has 30 heavy (non-hydrogen) atoms. The third-order valence-corrected chi connectivity index (χ3v) is 6.56. The van der Waals surface area contributed by atoms with E-state index in [9.17, 15) is 17.6 Å². The number of nitrogens with zero attached hydrogens (tertiary/aromatic N) is 2. The van der Waals surface area contributed by atoms with E-state index in [1.807, 2.05) is 4.90 Å². The number of hydrogen-bond acceptors (Lipinski definition) is 5. The molecular weight excluding hydrogens is 407 g/mol. The molecule has 0 aliphatic carbocycles. The second kappa shape index (κ2) is 8.43. The van der Waals surface area contributed by atoms with E-state index in [1.165, 1.54) is 24.3 Å². The standard InChI is InChI=1S/C21H23FN4O3S/c22-18-13-15(8-9-19(18)26-11-1-2-12-26)21(27)24-16-5-3-6-17(14-16)30(28,29)25-20-7-4-10-23-20/h3,5-6,8-9,13-14H,1-2,4,7,10-12H2,(H,23,25)(H,24,27). The fourth-order valence-electron chi connectivity index (χ4n) is 3.64. The fraction of sp³-hybridized carbons (Fsp3) is 0.333. The molecule has 1 amide bonds. The molecule has 1 fully saturated rings. The Kier molecular flexibility index (Phi) is 5.72. The lowest BCUT2D eigenvalue weighted by atomic mass is 10.1. The summed E-state index contributed by atoms with van der Waals surface area (Å²) in [6.07, 6.45) is 3.47. The normalized spacial score (nSPS) is 16.4. The quantitative estimate of drug-likeness (QED) is 0.762. The van der Waals surface area contributed by atoms with Gasteiger partial charge in [0.05, 0.1) is 10.6 Å². The molecular formula is C21H23FN4O3S. The van der Waals surface area contributed by atoms with Gasteiger partial charge in [0.2, 0.25) is 0 Å². The lowest BCUT2D eigenvalue weighted by molar-refractivity contribution is 0.102. The number of carbonyl (C=O) groups excluding carboxylic acids is 1. The first-order chi connectivity index (χ1) is 14.4. The second-order valence-corrected chi connectivity index (χ2v) is 9.06. The minimum atomic E-state index is -3.79. The SMILES string of the molecule is O=C(Nc1cccc(S(=O)(=O)NC2=NCCC2)c1)c1ccc(N2CCCC2)c(F)c1. The van der Waals surface area contributed by atoms with Gasteiger partial charge in [-0.05, 0) is 55.7 Å². The van der Waals surface area contributed by atoms with Gasteiger partial charge in [-0.15, -0.1) is 0 Å². The van der Waals surface area contributed by atoms with Crippen molar-refractivity contribution in [1.82, 2.24) is 4.72 Å². The largest absolute Gasteiger partial charge is 0.369 e. The molecule has 4 rings (SSSR count). The number of amidine groups is 1. The zero-order valence-corrected chi connectivity index (χ0v) is 17.2. The molecule has 0 aromatic heterocycles. The second-order valence-electron chi connectivity index (χ2n) is 7.38. The molecule has 1 saturated heterocycles. The number of anilines is 2. The van der Waals surface area contributed by atoms with Crippen molar-refractivity contribution in [2.45, 2.75) is 30.6 Å². The zero-order chi connectivity index (χ0) is 21.1. The van der Waals surface area contributed by atoms with Crippen LogP contribution < -0.4 is 14.9 Å². The van der Waals surface area contributed by atoms with Crippen LogP contribution in [-0.4, -0.2) is 39.8 Å². The Morgan fingerprint density at radius 1 is 1.07 bits per heavy atom. The minimum absolute atomic E-state index is 0.0189. The van der Waals surface area contributed by atoms with Gasteiger partial charge in [0.25, 0.3) is 15.9 Å². The molecule has 2 aliphatic rings. The van der Waals surface area contributed by atoms with E-state index in [4.69, 9.17) is 0 Å². The smallest absolute Gasteiger partial charge is 0.262 e. The molecule has 2 aromatic rings. The van der Waals surface area contributed by atoms with Crippen LogP contribution in [0.3, 0.4) is 0 Å². The first-order valence-corrected chi connectivity index (χ1v) is 11.4. The summed E-state index contributed by atoms with van der Waals surface area (Å²) in [5.74, 6) is -0.509. The van der Waals surface area contributed by atoms with Gasteiger partial charge < -0.3 is 10.2 Å². The fourth-order valence-corrected chi connectivity index (χ4v) is 4.78. The molecule has 2 aliphatic heterocycles. The molecule has 0 unspecified atom stereocenters. The highest BCUT2D eigenvalue weighted by molar-refractivity contribution is 7.90. The molecule has 2 N–H and O–H groups in total. The van der Waals surface area contributed by atoms with Gasteiger partial charge in [-0.1, -0.05) is 6.07 Å². The molecule has 9 heteroatoms. The number of sulfonamides is 1. The summed E-state index contributed by atoms with van der Waals surface area (Å²) in [4.78, 5) is 18.7. The topological polar surface area (TPSA) is 90.9 Å². The number of carbonyl (C=O) groups is 1. The Labute approximate surface area is 175 Å². The maximum atomic E-state index is 14.5. The first kappa shape index (κ1) is 20.3. The van der Waals surface area contributed by atoms with E-state index < -0.39 is 21.7 Å². The van der Waals surface area contributed by atoms with Crippen molar-refractivity contribution < 1.29 is 17.6 Å². The van der Waals surface area contributed by atoms with Crippen LogP contribution in [0.1, 0.15) is 36.0 Å². The molecule has 158 valence electrons. The summed E-state index contributed by atoms with van der Waals surface area (Å²) in [5.41, 5.74) is 0.973. The molecule has 0 radical (unpaired) electrons. The van der Waals surface area contributed by atoms with Crippen LogP contribution in [0.2, 0.25) is 0 Å². The van der Waals surface area contributed by atoms with Gasteiger partial charge in [-0.3, -0.25) is 14.5 Å². The number of benzene rings is 2. The third-order valence-electron chi connectivity index (χ3n) is 5.19. The molecule has 0 saturated carbocycles. The lowest BCUT2D eigenvalue weighted by Crippen LogP contribution is -2.29. The van der Waals surface area contributed by atoms with Crippen LogP contribution in [0.4, 0.5) is 15.8 Å². The highest BCUT2D eigenvalue weighted by Crippen LogP contribution is 2.25. The van der Waals surface area contributed by atoms with Crippen LogP contribution in [0.15, 0.2) is 52.4 Å². The molecule has 0 atom stereocenters. The van der Waals surface area contributed by atoms with E-state index in [0.717, 1.165) is 32.4 Å². The molecule has 0 bridgehead atoms. The van der Waals surface area contributed by atoms with Crippen molar-refractivity contribution in [2.75, 3.05) is 29.9 Å². The van der Waals surface area contributed by atoms with Gasteiger partial charge in [0.1, 0.15) is 11.7 Å². The van der Waals surface area contributed by atoms with E-state index in [2.05, 4.69) is 15.0 Å². The lowest BCUT2D eigenvalue weighted by Gasteiger charge is -2.18. The number of halogens is 1. The average Bonchev–Trinajstić information content (AvgIpc) is 3.42. The monoisotopic (exact) mass is 430 g/mol. The molecule has 2 aromatic carbocycles. The van der Waals surface area contributed by atoms with Crippen molar-refractivity contribution in [3.63, 3.8) is 0 Å². The van der Waals surface area contributed by atoms with Gasteiger partial charge in [0, 0.05) is 37.3 Å². The Hall–Kier alpha value is -2.94. The summed E-state index contributed by atoms with van der Waals surface area (Å²) in [7, 11) is -3.79. The Bertz CT molecular complexity index is 1100. The maximum Gasteiger partial charge on any atom is 0.262 e. The Balaban J connectivity index is 1.48. The van der Waals surface area contributed by atoms with Crippen molar-refractivity contribution in [3.8, 4) is 0 Å². The Morgan fingerprint density at radius 3 is 2.57 bits per heavy atom. The summed E-state index contributed by atoms with van der Waals surface area (Å²) in [5, 5.41) is 2.64. The van der Waals surface area contributed by atoms with Gasteiger partial charge >= 0.3 is 0 Å². The minimum Gasteiger partial charge on any atom is -0.369 e. The van der Waals surface area contributed by atoms with Gasteiger partial charge in [-0.2, -0.15) is 0 Å². The Morgan fingerprint density at radius 2 is 1.87 bits per heavy atom. The van der Waals surface area contributed by atoms with Gasteiger partial charge in [-0.25, -0.2) is 12.8 Å². The van der Waals surface area contributed by atoms with E-state index in [0.29, 0.717) is 30.2 Å². The van der Waals surface area contributed by atoms with Crippen molar-refractivity contribution in [3.05, 3.63) is 53.8 Å². The predicted molar refractivity (Wildman–Crippen MR) is 114 cm³/mol. The average molecular weight is 431 g/mol. The van der Waals surface area contributed by atoms with Crippen LogP contribution >= 0.6 is 0 Å². The molecule has 2 heterocycles. The molecule has 7 nitrogen and oxygen atoms in total. The van der Waals surface area contributed by atoms with Crippen LogP contribution in [0, 0.1) is 5.82 Å². The number of aliphatic imine (C=N–C) groups is 1. The number of rotatable bonds is 5. The third kappa shape index (κ3) is 4.46. The van der Waals surface area contributed by atoms with Gasteiger partial charge in [0.15, 0.2) is 0 Å². The number of amides is 1. The zero-order valence-electron chi connectivity index (χ0n) is 16.4. The van der Waals surface area contributed by atoms with Crippen molar-refractivity contribution in [2.24, 2.45) is 4.99 Å². The maximum absolute atomic E-state index is 14.5. The van der Waals surface area contributed by atoms with Crippen LogP contribution in [0.25, 0.3) is 0 Å². The van der Waals surface area contributed by atoms with E-state index in [1.54, 1.807) is 18.2 Å². The first-order valence-electron chi connectivity index (χ1n) is 9.94. The molecule has 0 spiro atoms. The van der Waals surface area contributed by atoms with Crippen LogP contribution in [-0.2, 0) is 10.0 Å². The summed E-state index contributed by atoms with van der Waals surface area (Å²) < 4.78 is 42.1. The van der Waals surface area contributed by atoms with Crippen molar-refractivity contribution in [1.29, 1.82) is 0 Å². The van der Waals surface area contributed by atoms with Crippen LogP contribution in [0.5, 0.6) is 0 Å².